The third-order valence-electron chi connectivity index (χ3n) is 11.7. The molecule has 0 atom stereocenters. The van der Waals surface area contributed by atoms with Gasteiger partial charge in [-0.05, 0) is 90.1 Å². The molecule has 12 aromatic rings. The van der Waals surface area contributed by atoms with E-state index in [1.165, 1.54) is 26.9 Å². The van der Waals surface area contributed by atoms with Crippen LogP contribution < -0.4 is 0 Å². The topological polar surface area (TPSA) is 51.8 Å². The maximum Gasteiger partial charge on any atom is 0.164 e. The van der Waals surface area contributed by atoms with Gasteiger partial charge in [-0.15, -0.1) is 0 Å². The molecule has 4 heteroatoms. The Bertz CT molecular complexity index is 3620. The second-order valence-corrected chi connectivity index (χ2v) is 15.1. The maximum absolute atomic E-state index is 6.94. The van der Waals surface area contributed by atoms with E-state index in [2.05, 4.69) is 182 Å². The Morgan fingerprint density at radius 2 is 0.864 bits per heavy atom. The van der Waals surface area contributed by atoms with E-state index < -0.39 is 0 Å². The molecule has 0 amide bonds. The van der Waals surface area contributed by atoms with Crippen LogP contribution in [-0.4, -0.2) is 15.0 Å². The number of aromatic nitrogens is 3. The van der Waals surface area contributed by atoms with Gasteiger partial charge in [-0.25, -0.2) is 15.0 Å². The summed E-state index contributed by atoms with van der Waals surface area (Å²) >= 11 is 0. The van der Waals surface area contributed by atoms with E-state index >= 15 is 0 Å². The van der Waals surface area contributed by atoms with Crippen LogP contribution in [0.1, 0.15) is 0 Å². The van der Waals surface area contributed by atoms with Crippen LogP contribution >= 0.6 is 0 Å². The number of fused-ring (bicyclic) bond motifs is 7. The molecule has 0 fully saturated rings. The van der Waals surface area contributed by atoms with E-state index in [4.69, 9.17) is 19.4 Å². The molecule has 0 aliphatic heterocycles. The molecule has 2 aromatic heterocycles. The zero-order valence-corrected chi connectivity index (χ0v) is 31.8. The SMILES string of the molecule is c1ccc(-c2nc(-c3ccc4ccccc4c3)nc(-c3ccc(-c4cccc5oc6c(-c7ccc8ccccc8c7)c7ccccc7cc6c45)c4ccccc34)n2)cc1. The van der Waals surface area contributed by atoms with Crippen LogP contribution in [0, 0.1) is 0 Å². The molecule has 0 saturated heterocycles. The molecular formula is C55H33N3O. The highest BCUT2D eigenvalue weighted by Gasteiger charge is 2.22. The zero-order chi connectivity index (χ0) is 38.9. The molecule has 0 bridgehead atoms. The number of nitrogens with zero attached hydrogens (tertiary/aromatic N) is 3. The van der Waals surface area contributed by atoms with Crippen molar-refractivity contribution in [2.75, 3.05) is 0 Å². The average molecular weight is 752 g/mol. The van der Waals surface area contributed by atoms with Gasteiger partial charge in [-0.1, -0.05) is 170 Å². The van der Waals surface area contributed by atoms with Crippen molar-refractivity contribution in [3.63, 3.8) is 0 Å². The molecule has 0 unspecified atom stereocenters. The Balaban J connectivity index is 1.07. The lowest BCUT2D eigenvalue weighted by molar-refractivity contribution is 0.670. The van der Waals surface area contributed by atoms with Gasteiger partial charge in [0.2, 0.25) is 0 Å². The highest BCUT2D eigenvalue weighted by molar-refractivity contribution is 6.23. The van der Waals surface area contributed by atoms with Gasteiger partial charge >= 0.3 is 0 Å². The summed E-state index contributed by atoms with van der Waals surface area (Å²) in [5, 5.41) is 11.4. The molecule has 0 aliphatic carbocycles. The first-order valence-corrected chi connectivity index (χ1v) is 19.9. The Hall–Kier alpha value is -7.95. The highest BCUT2D eigenvalue weighted by Crippen LogP contribution is 2.46. The molecule has 274 valence electrons. The van der Waals surface area contributed by atoms with Crippen LogP contribution in [0.15, 0.2) is 205 Å². The average Bonchev–Trinajstić information content (AvgIpc) is 3.68. The number of benzene rings is 10. The summed E-state index contributed by atoms with van der Waals surface area (Å²) in [7, 11) is 0. The Kier molecular flexibility index (Phi) is 7.50. The summed E-state index contributed by atoms with van der Waals surface area (Å²) < 4.78 is 6.94. The van der Waals surface area contributed by atoms with Gasteiger partial charge < -0.3 is 4.42 Å². The van der Waals surface area contributed by atoms with Gasteiger partial charge in [-0.2, -0.15) is 0 Å². The van der Waals surface area contributed by atoms with E-state index in [0.717, 1.165) is 77.0 Å². The van der Waals surface area contributed by atoms with Gasteiger partial charge in [0, 0.05) is 33.0 Å². The third kappa shape index (κ3) is 5.49. The minimum atomic E-state index is 0.628. The normalized spacial score (nSPS) is 11.7. The van der Waals surface area contributed by atoms with Crippen LogP contribution in [0.3, 0.4) is 0 Å². The smallest absolute Gasteiger partial charge is 0.164 e. The molecule has 12 rings (SSSR count). The fourth-order valence-electron chi connectivity index (χ4n) is 8.88. The van der Waals surface area contributed by atoms with Crippen LogP contribution in [-0.2, 0) is 0 Å². The van der Waals surface area contributed by atoms with Crippen LogP contribution in [0.5, 0.6) is 0 Å². The molecule has 2 heterocycles. The maximum atomic E-state index is 6.94. The molecule has 10 aromatic carbocycles. The molecule has 0 N–H and O–H groups in total. The summed E-state index contributed by atoms with van der Waals surface area (Å²) in [5.41, 5.74) is 9.04. The second-order valence-electron chi connectivity index (χ2n) is 15.1. The number of hydrogen-bond acceptors (Lipinski definition) is 4. The standard InChI is InChI=1S/C55H33N3O/c1-2-15-36(16-3-1)53-56-54(41-28-26-35-14-5-7-18-38(35)32-41)58-55(57-53)47-30-29-45(43-21-10-11-22-44(43)47)46-23-12-24-49-51(46)48-33-39-19-8-9-20-42(39)50(52(48)59-49)40-27-25-34-13-4-6-17-37(34)31-40/h1-33H. The first-order chi connectivity index (χ1) is 29.2. The number of hydrogen-bond donors (Lipinski definition) is 0. The van der Waals surface area contributed by atoms with Crippen LogP contribution in [0.2, 0.25) is 0 Å². The lowest BCUT2D eigenvalue weighted by Crippen LogP contribution is -2.00. The Labute approximate surface area is 339 Å². The monoisotopic (exact) mass is 751 g/mol. The number of rotatable bonds is 5. The molecule has 4 nitrogen and oxygen atoms in total. The van der Waals surface area contributed by atoms with Crippen LogP contribution in [0.4, 0.5) is 0 Å². The van der Waals surface area contributed by atoms with Crippen molar-refractivity contribution in [1.82, 2.24) is 15.0 Å². The first kappa shape index (κ1) is 33.2. The zero-order valence-electron chi connectivity index (χ0n) is 31.8. The van der Waals surface area contributed by atoms with E-state index in [1.807, 2.05) is 18.2 Å². The molecule has 0 aliphatic rings. The summed E-state index contributed by atoms with van der Waals surface area (Å²) in [6.07, 6.45) is 0. The van der Waals surface area contributed by atoms with Gasteiger partial charge in [0.25, 0.3) is 0 Å². The number of furan rings is 1. The van der Waals surface area contributed by atoms with Gasteiger partial charge in [0.15, 0.2) is 17.5 Å². The largest absolute Gasteiger partial charge is 0.455 e. The van der Waals surface area contributed by atoms with Crippen molar-refractivity contribution < 1.29 is 4.42 Å². The van der Waals surface area contributed by atoms with E-state index in [9.17, 15) is 0 Å². The van der Waals surface area contributed by atoms with Crippen molar-refractivity contribution in [3.05, 3.63) is 200 Å². The summed E-state index contributed by atoms with van der Waals surface area (Å²) in [4.78, 5) is 15.4. The molecule has 0 radical (unpaired) electrons. The minimum Gasteiger partial charge on any atom is -0.455 e. The van der Waals surface area contributed by atoms with Crippen molar-refractivity contribution in [3.8, 4) is 56.4 Å². The summed E-state index contributed by atoms with van der Waals surface area (Å²) in [6, 6.07) is 70.5. The predicted octanol–water partition coefficient (Wildman–Crippen LogP) is 14.7. The fourth-order valence-corrected chi connectivity index (χ4v) is 8.88. The van der Waals surface area contributed by atoms with Crippen molar-refractivity contribution in [2.45, 2.75) is 0 Å². The molecule has 0 saturated carbocycles. The van der Waals surface area contributed by atoms with Crippen molar-refractivity contribution in [2.24, 2.45) is 0 Å². The molecule has 59 heavy (non-hydrogen) atoms. The molecule has 0 spiro atoms. The third-order valence-corrected chi connectivity index (χ3v) is 11.7. The summed E-state index contributed by atoms with van der Waals surface area (Å²) in [5.74, 6) is 1.90. The van der Waals surface area contributed by atoms with Crippen molar-refractivity contribution in [1.29, 1.82) is 0 Å². The Morgan fingerprint density at radius 3 is 1.61 bits per heavy atom. The molecular weight excluding hydrogens is 719 g/mol. The minimum absolute atomic E-state index is 0.628. The summed E-state index contributed by atoms with van der Waals surface area (Å²) in [6.45, 7) is 0. The Morgan fingerprint density at radius 1 is 0.305 bits per heavy atom. The van der Waals surface area contributed by atoms with E-state index in [1.54, 1.807) is 0 Å². The van der Waals surface area contributed by atoms with E-state index in [-0.39, 0.29) is 0 Å². The van der Waals surface area contributed by atoms with Crippen molar-refractivity contribution >= 4 is 65.0 Å². The van der Waals surface area contributed by atoms with Gasteiger partial charge in [0.05, 0.1) is 0 Å². The lowest BCUT2D eigenvalue weighted by atomic mass is 9.90. The van der Waals surface area contributed by atoms with E-state index in [0.29, 0.717) is 17.5 Å². The van der Waals surface area contributed by atoms with Gasteiger partial charge in [0.1, 0.15) is 11.2 Å². The highest BCUT2D eigenvalue weighted by atomic mass is 16.3. The lowest BCUT2D eigenvalue weighted by Gasteiger charge is -2.14. The van der Waals surface area contributed by atoms with Crippen LogP contribution in [0.25, 0.3) is 121 Å². The quantitative estimate of drug-likeness (QED) is 0.176. The predicted molar refractivity (Wildman–Crippen MR) is 244 cm³/mol. The fraction of sp³-hybridized carbons (Fsp3) is 0. The van der Waals surface area contributed by atoms with Gasteiger partial charge in [-0.3, -0.25) is 0 Å². The second kappa shape index (κ2) is 13.3. The first-order valence-electron chi connectivity index (χ1n) is 19.9.